The summed E-state index contributed by atoms with van der Waals surface area (Å²) in [5, 5.41) is 0. The molecule has 154 valence electrons. The van der Waals surface area contributed by atoms with E-state index in [2.05, 4.69) is 6.58 Å². The number of rotatable bonds is 6. The topological polar surface area (TPSA) is 101 Å². The van der Waals surface area contributed by atoms with Gasteiger partial charge in [-0.25, -0.2) is 4.90 Å². The van der Waals surface area contributed by atoms with Crippen LogP contribution in [0.4, 0.5) is 5.69 Å². The van der Waals surface area contributed by atoms with Crippen molar-refractivity contribution < 1.29 is 19.2 Å². The lowest BCUT2D eigenvalue weighted by Gasteiger charge is -2.27. The zero-order valence-corrected chi connectivity index (χ0v) is 17.3. The second kappa shape index (κ2) is 6.83. The van der Waals surface area contributed by atoms with Gasteiger partial charge >= 0.3 is 0 Å². The molecule has 0 radical (unpaired) electrons. The van der Waals surface area contributed by atoms with E-state index < -0.39 is 17.9 Å². The molecular formula is C22H27N3O4. The first kappa shape index (κ1) is 20.8. The monoisotopic (exact) mass is 397 g/mol. The summed E-state index contributed by atoms with van der Waals surface area (Å²) in [4.78, 5) is 52.8. The molecule has 4 amide bonds. The van der Waals surface area contributed by atoms with Crippen molar-refractivity contribution in [3.8, 4) is 0 Å². The molecule has 3 rings (SSSR count). The van der Waals surface area contributed by atoms with Crippen LogP contribution in [0, 0.1) is 16.7 Å². The van der Waals surface area contributed by atoms with E-state index in [1.165, 1.54) is 29.2 Å². The molecule has 1 aromatic rings. The maximum absolute atomic E-state index is 13.3. The largest absolute Gasteiger partial charge is 0.366 e. The number of benzene rings is 1. The number of nitrogens with zero attached hydrogens (tertiary/aromatic N) is 2. The van der Waals surface area contributed by atoms with Crippen LogP contribution in [-0.2, 0) is 14.4 Å². The van der Waals surface area contributed by atoms with Gasteiger partial charge < -0.3 is 10.6 Å². The average Bonchev–Trinajstić information content (AvgIpc) is 2.88. The maximum Gasteiger partial charge on any atom is 0.257 e. The lowest BCUT2D eigenvalue weighted by atomic mass is 10.0. The standard InChI is InChI=1S/C22H27N3O4/c1-6-11-24(20(29)17-21(2,3)22(17,4)5)15-12-16(26)25(19(15)28)14-9-7-13(8-10-14)18(23)27/h6-10,15,17H,1,11-12H2,2-5H3,(H2,23,27). The molecule has 2 fully saturated rings. The average molecular weight is 397 g/mol. The Bertz CT molecular complexity index is 887. The quantitative estimate of drug-likeness (QED) is 0.587. The zero-order valence-electron chi connectivity index (χ0n) is 17.3. The van der Waals surface area contributed by atoms with Crippen molar-refractivity contribution in [1.82, 2.24) is 4.90 Å². The van der Waals surface area contributed by atoms with E-state index in [9.17, 15) is 19.2 Å². The van der Waals surface area contributed by atoms with Crippen molar-refractivity contribution >= 4 is 29.3 Å². The Morgan fingerprint density at radius 1 is 1.17 bits per heavy atom. The van der Waals surface area contributed by atoms with Crippen LogP contribution in [0.2, 0.25) is 0 Å². The minimum absolute atomic E-state index is 0.0798. The number of hydrogen-bond acceptors (Lipinski definition) is 4. The van der Waals surface area contributed by atoms with Crippen molar-refractivity contribution in [2.45, 2.75) is 40.2 Å². The van der Waals surface area contributed by atoms with Gasteiger partial charge in [0, 0.05) is 18.0 Å². The SMILES string of the molecule is C=CCN(C(=O)C1C(C)(C)C1(C)C)C1CC(=O)N(c2ccc(C(N)=O)cc2)C1=O. The molecule has 29 heavy (non-hydrogen) atoms. The Morgan fingerprint density at radius 3 is 2.17 bits per heavy atom. The number of nitrogens with two attached hydrogens (primary N) is 1. The van der Waals surface area contributed by atoms with Gasteiger partial charge in [0.2, 0.25) is 17.7 Å². The lowest BCUT2D eigenvalue weighted by molar-refractivity contribution is -0.139. The molecule has 0 aromatic heterocycles. The summed E-state index contributed by atoms with van der Waals surface area (Å²) in [5.74, 6) is -1.78. The van der Waals surface area contributed by atoms with Crippen LogP contribution in [0.5, 0.6) is 0 Å². The summed E-state index contributed by atoms with van der Waals surface area (Å²) in [6, 6.07) is 5.08. The van der Waals surface area contributed by atoms with Crippen LogP contribution >= 0.6 is 0 Å². The fourth-order valence-electron chi connectivity index (χ4n) is 4.39. The Kier molecular flexibility index (Phi) is 4.89. The lowest BCUT2D eigenvalue weighted by Crippen LogP contribution is -2.47. The van der Waals surface area contributed by atoms with Crippen LogP contribution in [0.1, 0.15) is 44.5 Å². The fourth-order valence-corrected chi connectivity index (χ4v) is 4.39. The number of carbonyl (C=O) groups excluding carboxylic acids is 4. The van der Waals surface area contributed by atoms with Crippen LogP contribution in [-0.4, -0.2) is 41.1 Å². The van der Waals surface area contributed by atoms with Crippen molar-refractivity contribution in [3.63, 3.8) is 0 Å². The van der Waals surface area contributed by atoms with Gasteiger partial charge in [-0.3, -0.25) is 19.2 Å². The summed E-state index contributed by atoms with van der Waals surface area (Å²) in [5.41, 5.74) is 5.51. The third-order valence-electron chi connectivity index (χ3n) is 6.79. The van der Waals surface area contributed by atoms with E-state index in [0.29, 0.717) is 5.69 Å². The third kappa shape index (κ3) is 3.14. The van der Waals surface area contributed by atoms with Crippen LogP contribution in [0.25, 0.3) is 0 Å². The molecule has 1 saturated heterocycles. The number of anilines is 1. The Labute approximate surface area is 170 Å². The van der Waals surface area contributed by atoms with Crippen molar-refractivity contribution in [1.29, 1.82) is 0 Å². The molecule has 7 nitrogen and oxygen atoms in total. The van der Waals surface area contributed by atoms with Crippen LogP contribution in [0.15, 0.2) is 36.9 Å². The van der Waals surface area contributed by atoms with Gasteiger partial charge in [-0.05, 0) is 35.1 Å². The summed E-state index contributed by atoms with van der Waals surface area (Å²) in [6.07, 6.45) is 1.49. The van der Waals surface area contributed by atoms with E-state index in [0.717, 1.165) is 4.90 Å². The Balaban J connectivity index is 1.87. The highest BCUT2D eigenvalue weighted by Gasteiger charge is 2.69. The molecular weight excluding hydrogens is 370 g/mol. The summed E-state index contributed by atoms with van der Waals surface area (Å²) in [6.45, 7) is 12.1. The number of imide groups is 1. The predicted octanol–water partition coefficient (Wildman–Crippen LogP) is 2.11. The molecule has 1 unspecified atom stereocenters. The number of carbonyl (C=O) groups is 4. The molecule has 1 aromatic carbocycles. The van der Waals surface area contributed by atoms with E-state index in [-0.39, 0.29) is 47.1 Å². The molecule has 2 aliphatic rings. The summed E-state index contributed by atoms with van der Waals surface area (Å²) < 4.78 is 0. The number of primary amides is 1. The molecule has 0 spiro atoms. The molecule has 1 atom stereocenters. The van der Waals surface area contributed by atoms with Crippen molar-refractivity contribution in [2.75, 3.05) is 11.4 Å². The van der Waals surface area contributed by atoms with Gasteiger partial charge in [-0.15, -0.1) is 6.58 Å². The van der Waals surface area contributed by atoms with Gasteiger partial charge in [0.25, 0.3) is 5.91 Å². The third-order valence-corrected chi connectivity index (χ3v) is 6.79. The van der Waals surface area contributed by atoms with Gasteiger partial charge in [-0.2, -0.15) is 0 Å². The van der Waals surface area contributed by atoms with Crippen molar-refractivity contribution in [3.05, 3.63) is 42.5 Å². The fraction of sp³-hybridized carbons (Fsp3) is 0.455. The van der Waals surface area contributed by atoms with Crippen LogP contribution in [0.3, 0.4) is 0 Å². The smallest absolute Gasteiger partial charge is 0.257 e. The van der Waals surface area contributed by atoms with Gasteiger partial charge in [0.05, 0.1) is 12.1 Å². The first-order valence-corrected chi connectivity index (χ1v) is 9.63. The van der Waals surface area contributed by atoms with Crippen LogP contribution < -0.4 is 10.6 Å². The summed E-state index contributed by atoms with van der Waals surface area (Å²) in [7, 11) is 0. The molecule has 1 aliphatic heterocycles. The van der Waals surface area contributed by atoms with E-state index in [1.807, 2.05) is 27.7 Å². The molecule has 1 heterocycles. The first-order valence-electron chi connectivity index (χ1n) is 9.63. The van der Waals surface area contributed by atoms with Gasteiger partial charge in [0.15, 0.2) is 0 Å². The predicted molar refractivity (Wildman–Crippen MR) is 109 cm³/mol. The second-order valence-corrected chi connectivity index (χ2v) is 8.85. The number of hydrogen-bond donors (Lipinski definition) is 1. The highest BCUT2D eigenvalue weighted by molar-refractivity contribution is 6.23. The second-order valence-electron chi connectivity index (χ2n) is 8.85. The van der Waals surface area contributed by atoms with Crippen molar-refractivity contribution in [2.24, 2.45) is 22.5 Å². The highest BCUT2D eigenvalue weighted by atomic mass is 16.2. The molecule has 1 aliphatic carbocycles. The normalized spacial score (nSPS) is 22.5. The maximum atomic E-state index is 13.3. The minimum atomic E-state index is -0.865. The molecule has 1 saturated carbocycles. The van der Waals surface area contributed by atoms with E-state index >= 15 is 0 Å². The highest BCUT2D eigenvalue weighted by Crippen LogP contribution is 2.68. The van der Waals surface area contributed by atoms with E-state index in [4.69, 9.17) is 5.73 Å². The zero-order chi connectivity index (χ0) is 21.7. The summed E-state index contributed by atoms with van der Waals surface area (Å²) >= 11 is 0. The Hall–Kier alpha value is -2.96. The van der Waals surface area contributed by atoms with Gasteiger partial charge in [0.1, 0.15) is 6.04 Å². The van der Waals surface area contributed by atoms with E-state index in [1.54, 1.807) is 6.08 Å². The first-order chi connectivity index (χ1) is 13.4. The molecule has 0 bridgehead atoms. The molecule has 7 heteroatoms. The Morgan fingerprint density at radius 2 is 1.72 bits per heavy atom. The van der Waals surface area contributed by atoms with Gasteiger partial charge in [-0.1, -0.05) is 33.8 Å². The minimum Gasteiger partial charge on any atom is -0.366 e. The molecule has 2 N–H and O–H groups in total. The number of amides is 4.